The fourth-order valence-corrected chi connectivity index (χ4v) is 5.42. The summed E-state index contributed by atoms with van der Waals surface area (Å²) in [5, 5.41) is 9.71. The van der Waals surface area contributed by atoms with E-state index in [9.17, 15) is 13.5 Å². The van der Waals surface area contributed by atoms with E-state index >= 15 is 0 Å². The van der Waals surface area contributed by atoms with Crippen molar-refractivity contribution in [2.75, 3.05) is 6.61 Å². The molecule has 0 heterocycles. The van der Waals surface area contributed by atoms with Gasteiger partial charge in [-0.25, -0.2) is 13.1 Å². The fraction of sp³-hybridized carbons (Fsp3) is 0.600. The molecule has 118 valence electrons. The van der Waals surface area contributed by atoms with E-state index in [0.29, 0.717) is 23.2 Å². The van der Waals surface area contributed by atoms with Crippen molar-refractivity contribution >= 4 is 26.0 Å². The van der Waals surface area contributed by atoms with Crippen molar-refractivity contribution in [2.24, 2.45) is 5.92 Å². The summed E-state index contributed by atoms with van der Waals surface area (Å²) in [6.07, 6.45) is 3.21. The molecule has 0 unspecified atom stereocenters. The minimum atomic E-state index is -3.65. The highest BCUT2D eigenvalue weighted by atomic mass is 79.9. The summed E-state index contributed by atoms with van der Waals surface area (Å²) >= 11 is 3.32. The van der Waals surface area contributed by atoms with Gasteiger partial charge in [0, 0.05) is 4.47 Å². The van der Waals surface area contributed by atoms with E-state index in [-0.39, 0.29) is 11.5 Å². The lowest BCUT2D eigenvalue weighted by Crippen LogP contribution is -2.53. The topological polar surface area (TPSA) is 66.4 Å². The second kappa shape index (κ2) is 6.36. The van der Waals surface area contributed by atoms with Crippen molar-refractivity contribution in [3.8, 4) is 0 Å². The standard InChI is InChI=1S/C15H22BrNO3S/c1-11-5-7-15(10-18,8-6-11)17-21(19,20)14-4-3-12(2)9-13(14)16/h3-4,9,11,17-18H,5-8,10H2,1-2H3. The molecule has 0 aromatic heterocycles. The molecule has 1 aromatic rings. The number of hydrogen-bond acceptors (Lipinski definition) is 3. The van der Waals surface area contributed by atoms with Gasteiger partial charge >= 0.3 is 0 Å². The second-order valence-electron chi connectivity index (χ2n) is 6.16. The Balaban J connectivity index is 2.27. The monoisotopic (exact) mass is 375 g/mol. The smallest absolute Gasteiger partial charge is 0.242 e. The first kappa shape index (κ1) is 16.9. The third kappa shape index (κ3) is 3.86. The van der Waals surface area contributed by atoms with E-state index in [1.165, 1.54) is 0 Å². The van der Waals surface area contributed by atoms with Crippen LogP contribution in [0.3, 0.4) is 0 Å². The number of halogens is 1. The van der Waals surface area contributed by atoms with Crippen molar-refractivity contribution < 1.29 is 13.5 Å². The molecule has 1 aliphatic carbocycles. The van der Waals surface area contributed by atoms with E-state index in [0.717, 1.165) is 18.4 Å². The molecule has 1 saturated carbocycles. The summed E-state index contributed by atoms with van der Waals surface area (Å²) in [6, 6.07) is 5.15. The van der Waals surface area contributed by atoms with Crippen LogP contribution in [0, 0.1) is 12.8 Å². The molecule has 0 atom stereocenters. The van der Waals surface area contributed by atoms with Crippen LogP contribution in [-0.4, -0.2) is 25.7 Å². The molecule has 0 saturated heterocycles. The Labute approximate surface area is 135 Å². The normalized spacial score (nSPS) is 26.8. The maximum Gasteiger partial charge on any atom is 0.242 e. The Kier molecular flexibility index (Phi) is 5.13. The third-order valence-electron chi connectivity index (χ3n) is 4.26. The molecule has 4 nitrogen and oxygen atoms in total. The van der Waals surface area contributed by atoms with Crippen molar-refractivity contribution in [3.63, 3.8) is 0 Å². The van der Waals surface area contributed by atoms with Gasteiger partial charge in [-0.15, -0.1) is 0 Å². The van der Waals surface area contributed by atoms with E-state index in [1.54, 1.807) is 18.2 Å². The molecule has 2 rings (SSSR count). The molecule has 1 fully saturated rings. The van der Waals surface area contributed by atoms with Crippen molar-refractivity contribution in [3.05, 3.63) is 28.2 Å². The number of aryl methyl sites for hydroxylation is 1. The predicted molar refractivity (Wildman–Crippen MR) is 86.6 cm³/mol. The van der Waals surface area contributed by atoms with Gasteiger partial charge in [-0.05, 0) is 72.2 Å². The van der Waals surface area contributed by atoms with Gasteiger partial charge in [0.15, 0.2) is 0 Å². The molecule has 0 amide bonds. The molecule has 0 spiro atoms. The molecule has 0 aliphatic heterocycles. The van der Waals surface area contributed by atoms with Crippen LogP contribution >= 0.6 is 15.9 Å². The lowest BCUT2D eigenvalue weighted by Gasteiger charge is -2.38. The van der Waals surface area contributed by atoms with E-state index < -0.39 is 15.6 Å². The molecule has 1 aromatic carbocycles. The maximum atomic E-state index is 12.6. The highest BCUT2D eigenvalue weighted by Crippen LogP contribution is 2.33. The van der Waals surface area contributed by atoms with Crippen LogP contribution in [0.4, 0.5) is 0 Å². The number of sulfonamides is 1. The number of nitrogens with one attached hydrogen (secondary N) is 1. The Hall–Kier alpha value is -0.430. The van der Waals surface area contributed by atoms with Gasteiger partial charge in [0.2, 0.25) is 10.0 Å². The molecule has 1 aliphatic rings. The number of hydrogen-bond donors (Lipinski definition) is 2. The van der Waals surface area contributed by atoms with Crippen molar-refractivity contribution in [2.45, 2.75) is 50.0 Å². The Morgan fingerprint density at radius 2 is 2.00 bits per heavy atom. The molecule has 21 heavy (non-hydrogen) atoms. The molecular formula is C15H22BrNO3S. The Morgan fingerprint density at radius 3 is 2.52 bits per heavy atom. The fourth-order valence-electron chi connectivity index (χ4n) is 2.77. The molecule has 2 N–H and O–H groups in total. The first-order valence-corrected chi connectivity index (χ1v) is 9.47. The van der Waals surface area contributed by atoms with Crippen LogP contribution < -0.4 is 4.72 Å². The van der Waals surface area contributed by atoms with Gasteiger partial charge in [-0.3, -0.25) is 0 Å². The maximum absolute atomic E-state index is 12.6. The number of aliphatic hydroxyl groups is 1. The molecule has 6 heteroatoms. The van der Waals surface area contributed by atoms with E-state index in [2.05, 4.69) is 27.6 Å². The zero-order valence-electron chi connectivity index (χ0n) is 12.4. The third-order valence-corrected chi connectivity index (χ3v) is 6.82. The minimum absolute atomic E-state index is 0.164. The van der Waals surface area contributed by atoms with Crippen LogP contribution in [0.25, 0.3) is 0 Å². The zero-order chi connectivity index (χ0) is 15.7. The van der Waals surface area contributed by atoms with E-state index in [1.807, 2.05) is 6.92 Å². The zero-order valence-corrected chi connectivity index (χ0v) is 14.8. The quantitative estimate of drug-likeness (QED) is 0.849. The SMILES string of the molecule is Cc1ccc(S(=O)(=O)NC2(CO)CCC(C)CC2)c(Br)c1. The van der Waals surface area contributed by atoms with Crippen molar-refractivity contribution in [1.29, 1.82) is 0 Å². The summed E-state index contributed by atoms with van der Waals surface area (Å²) < 4.78 is 28.5. The van der Waals surface area contributed by atoms with E-state index in [4.69, 9.17) is 0 Å². The minimum Gasteiger partial charge on any atom is -0.394 e. The van der Waals surface area contributed by atoms with Crippen LogP contribution in [0.5, 0.6) is 0 Å². The van der Waals surface area contributed by atoms with Crippen LogP contribution in [0.15, 0.2) is 27.6 Å². The van der Waals surface area contributed by atoms with Crippen LogP contribution in [0.1, 0.15) is 38.2 Å². The van der Waals surface area contributed by atoms with Crippen LogP contribution in [0.2, 0.25) is 0 Å². The lowest BCUT2D eigenvalue weighted by atomic mass is 9.78. The summed E-state index contributed by atoms with van der Waals surface area (Å²) in [6.45, 7) is 3.90. The molecular weight excluding hydrogens is 354 g/mol. The lowest BCUT2D eigenvalue weighted by molar-refractivity contribution is 0.125. The average molecular weight is 376 g/mol. The Bertz CT molecular complexity index is 607. The molecule has 0 radical (unpaired) electrons. The van der Waals surface area contributed by atoms with Gasteiger partial charge in [-0.2, -0.15) is 0 Å². The predicted octanol–water partition coefficient (Wildman–Crippen LogP) is 2.98. The highest BCUT2D eigenvalue weighted by molar-refractivity contribution is 9.10. The first-order chi connectivity index (χ1) is 9.78. The van der Waals surface area contributed by atoms with Gasteiger partial charge in [0.05, 0.1) is 17.0 Å². The highest BCUT2D eigenvalue weighted by Gasteiger charge is 2.38. The largest absolute Gasteiger partial charge is 0.394 e. The number of rotatable bonds is 4. The average Bonchev–Trinajstić information content (AvgIpc) is 2.41. The molecule has 0 bridgehead atoms. The summed E-state index contributed by atoms with van der Waals surface area (Å²) in [5.74, 6) is 0.584. The Morgan fingerprint density at radius 1 is 1.38 bits per heavy atom. The van der Waals surface area contributed by atoms with Gasteiger partial charge in [0.25, 0.3) is 0 Å². The van der Waals surface area contributed by atoms with Gasteiger partial charge < -0.3 is 5.11 Å². The second-order valence-corrected chi connectivity index (χ2v) is 8.67. The number of benzene rings is 1. The summed E-state index contributed by atoms with van der Waals surface area (Å²) in [4.78, 5) is 0.222. The van der Waals surface area contributed by atoms with Gasteiger partial charge in [-0.1, -0.05) is 13.0 Å². The summed E-state index contributed by atoms with van der Waals surface area (Å²) in [7, 11) is -3.65. The summed E-state index contributed by atoms with van der Waals surface area (Å²) in [5.41, 5.74) is 0.263. The van der Waals surface area contributed by atoms with Gasteiger partial charge in [0.1, 0.15) is 0 Å². The van der Waals surface area contributed by atoms with Crippen LogP contribution in [-0.2, 0) is 10.0 Å². The van der Waals surface area contributed by atoms with Crippen molar-refractivity contribution in [1.82, 2.24) is 4.72 Å². The number of aliphatic hydroxyl groups excluding tert-OH is 1. The first-order valence-electron chi connectivity index (χ1n) is 7.19.